The smallest absolute Gasteiger partial charge is 0.123 e. The number of aromatic hydroxyl groups is 1. The maximum Gasteiger partial charge on any atom is 0.123 e. The molecule has 21 heavy (non-hydrogen) atoms. The maximum absolute atomic E-state index is 9.95. The zero-order valence-corrected chi connectivity index (χ0v) is 12.6. The molecule has 0 bridgehead atoms. The van der Waals surface area contributed by atoms with Crippen LogP contribution >= 0.6 is 0 Å². The molecule has 1 unspecified atom stereocenters. The predicted octanol–water partition coefficient (Wildman–Crippen LogP) is 3.09. The second-order valence-electron chi connectivity index (χ2n) is 5.13. The van der Waals surface area contributed by atoms with E-state index in [1.165, 1.54) is 0 Å². The van der Waals surface area contributed by atoms with Crippen molar-refractivity contribution in [1.82, 2.24) is 0 Å². The van der Waals surface area contributed by atoms with Gasteiger partial charge in [0.05, 0.1) is 13.2 Å². The number of ether oxygens (including phenoxy) is 1. The molecule has 0 spiro atoms. The lowest BCUT2D eigenvalue weighted by Crippen LogP contribution is -2.16. The normalized spacial score (nSPS) is 12.0. The molecule has 4 nitrogen and oxygen atoms in total. The van der Waals surface area contributed by atoms with Gasteiger partial charge in [-0.1, -0.05) is 18.2 Å². The first kappa shape index (κ1) is 15.2. The summed E-state index contributed by atoms with van der Waals surface area (Å²) >= 11 is 0. The molecule has 0 heterocycles. The van der Waals surface area contributed by atoms with Gasteiger partial charge in [0.1, 0.15) is 11.5 Å². The Morgan fingerprint density at radius 3 is 2.57 bits per heavy atom. The summed E-state index contributed by atoms with van der Waals surface area (Å²) in [6.07, 6.45) is -0.678. The van der Waals surface area contributed by atoms with Gasteiger partial charge < -0.3 is 19.8 Å². The summed E-state index contributed by atoms with van der Waals surface area (Å²) < 4.78 is 5.22. The monoisotopic (exact) mass is 287 g/mol. The summed E-state index contributed by atoms with van der Waals surface area (Å²) in [5.74, 6) is 0.938. The predicted molar refractivity (Wildman–Crippen MR) is 83.8 cm³/mol. The highest BCUT2D eigenvalue weighted by Gasteiger charge is 2.10. The van der Waals surface area contributed by atoms with Gasteiger partial charge in [-0.3, -0.25) is 0 Å². The largest absolute Gasteiger partial charge is 0.507 e. The highest BCUT2D eigenvalue weighted by Crippen LogP contribution is 2.29. The minimum Gasteiger partial charge on any atom is -0.507 e. The van der Waals surface area contributed by atoms with Crippen LogP contribution in [0.15, 0.2) is 42.5 Å². The number of nitrogens with zero attached hydrogens (tertiary/aromatic N) is 1. The van der Waals surface area contributed by atoms with Crippen LogP contribution in [-0.2, 0) is 6.54 Å². The first-order chi connectivity index (χ1) is 10.0. The number of anilines is 1. The van der Waals surface area contributed by atoms with Gasteiger partial charge in [-0.2, -0.15) is 0 Å². The second-order valence-corrected chi connectivity index (χ2v) is 5.13. The Morgan fingerprint density at radius 1 is 1.19 bits per heavy atom. The van der Waals surface area contributed by atoms with E-state index in [-0.39, 0.29) is 5.75 Å². The van der Waals surface area contributed by atoms with Crippen LogP contribution in [0.25, 0.3) is 0 Å². The van der Waals surface area contributed by atoms with Crippen LogP contribution in [0, 0.1) is 0 Å². The molecule has 0 aliphatic heterocycles. The van der Waals surface area contributed by atoms with E-state index in [4.69, 9.17) is 4.74 Å². The van der Waals surface area contributed by atoms with Crippen molar-refractivity contribution in [1.29, 1.82) is 0 Å². The number of aliphatic hydroxyl groups excluding tert-OH is 1. The molecule has 2 aromatic rings. The Morgan fingerprint density at radius 2 is 1.95 bits per heavy atom. The number of phenols is 1. The van der Waals surface area contributed by atoms with Crippen molar-refractivity contribution in [2.24, 2.45) is 0 Å². The molecular weight excluding hydrogens is 266 g/mol. The molecule has 0 amide bonds. The number of phenolic OH excluding ortho intramolecular Hbond substituents is 1. The Kier molecular flexibility index (Phi) is 4.70. The molecule has 0 aliphatic rings. The average molecular weight is 287 g/mol. The van der Waals surface area contributed by atoms with Gasteiger partial charge >= 0.3 is 0 Å². The molecule has 2 aromatic carbocycles. The molecule has 0 aliphatic carbocycles. The topological polar surface area (TPSA) is 52.9 Å². The fourth-order valence-electron chi connectivity index (χ4n) is 2.26. The van der Waals surface area contributed by atoms with Crippen LogP contribution in [0.3, 0.4) is 0 Å². The summed E-state index contributed by atoms with van der Waals surface area (Å²) in [5, 5.41) is 19.5. The van der Waals surface area contributed by atoms with Crippen molar-refractivity contribution in [2.45, 2.75) is 19.6 Å². The fourth-order valence-corrected chi connectivity index (χ4v) is 2.26. The van der Waals surface area contributed by atoms with Crippen LogP contribution in [0.1, 0.15) is 24.2 Å². The van der Waals surface area contributed by atoms with E-state index in [1.54, 1.807) is 26.2 Å². The van der Waals surface area contributed by atoms with Gasteiger partial charge in [-0.25, -0.2) is 0 Å². The SMILES string of the molecule is COc1cccc(CN(C)c2ccc(C(C)O)c(O)c2)c1. The van der Waals surface area contributed by atoms with E-state index in [9.17, 15) is 10.2 Å². The summed E-state index contributed by atoms with van der Waals surface area (Å²) in [5.41, 5.74) is 2.55. The molecule has 1 atom stereocenters. The van der Waals surface area contributed by atoms with E-state index in [2.05, 4.69) is 0 Å². The first-order valence-corrected chi connectivity index (χ1v) is 6.86. The minimum absolute atomic E-state index is 0.111. The van der Waals surface area contributed by atoms with Crippen LogP contribution < -0.4 is 9.64 Å². The molecule has 0 saturated heterocycles. The number of rotatable bonds is 5. The van der Waals surface area contributed by atoms with Crippen LogP contribution in [0.5, 0.6) is 11.5 Å². The van der Waals surface area contributed by atoms with Crippen molar-refractivity contribution >= 4 is 5.69 Å². The van der Waals surface area contributed by atoms with E-state index < -0.39 is 6.10 Å². The van der Waals surface area contributed by atoms with E-state index >= 15 is 0 Å². The molecule has 112 valence electrons. The Bertz CT molecular complexity index is 611. The molecule has 0 radical (unpaired) electrons. The fraction of sp³-hybridized carbons (Fsp3) is 0.294. The highest BCUT2D eigenvalue weighted by atomic mass is 16.5. The molecule has 0 aromatic heterocycles. The molecular formula is C17H21NO3. The Balaban J connectivity index is 2.16. The minimum atomic E-state index is -0.678. The number of aliphatic hydroxyl groups is 1. The Hall–Kier alpha value is -2.20. The van der Waals surface area contributed by atoms with Crippen molar-refractivity contribution < 1.29 is 14.9 Å². The van der Waals surface area contributed by atoms with E-state index in [1.807, 2.05) is 42.3 Å². The third kappa shape index (κ3) is 3.67. The zero-order valence-electron chi connectivity index (χ0n) is 12.6. The Labute approximate surface area is 125 Å². The maximum atomic E-state index is 9.95. The summed E-state index contributed by atoms with van der Waals surface area (Å²) in [6, 6.07) is 13.2. The van der Waals surface area contributed by atoms with Crippen LogP contribution in [-0.4, -0.2) is 24.4 Å². The van der Waals surface area contributed by atoms with Crippen molar-refractivity contribution in [2.75, 3.05) is 19.1 Å². The lowest BCUT2D eigenvalue weighted by molar-refractivity contribution is 0.195. The zero-order chi connectivity index (χ0) is 15.4. The third-order valence-corrected chi connectivity index (χ3v) is 3.46. The van der Waals surface area contributed by atoms with Crippen LogP contribution in [0.2, 0.25) is 0 Å². The number of benzene rings is 2. The number of hydrogen-bond acceptors (Lipinski definition) is 4. The lowest BCUT2D eigenvalue weighted by atomic mass is 10.1. The highest BCUT2D eigenvalue weighted by molar-refractivity contribution is 5.53. The standard InChI is InChI=1S/C17H21NO3/c1-12(19)16-8-7-14(10-17(16)20)18(2)11-13-5-4-6-15(9-13)21-3/h4-10,12,19-20H,11H2,1-3H3. The second kappa shape index (κ2) is 6.50. The van der Waals surface area contributed by atoms with Gasteiger partial charge in [0.2, 0.25) is 0 Å². The average Bonchev–Trinajstić information content (AvgIpc) is 2.46. The summed E-state index contributed by atoms with van der Waals surface area (Å²) in [6.45, 7) is 2.33. The van der Waals surface area contributed by atoms with E-state index in [0.29, 0.717) is 12.1 Å². The summed E-state index contributed by atoms with van der Waals surface area (Å²) in [4.78, 5) is 2.03. The van der Waals surface area contributed by atoms with Gasteiger partial charge in [0, 0.05) is 30.9 Å². The molecule has 0 fully saturated rings. The quantitative estimate of drug-likeness (QED) is 0.887. The number of hydrogen-bond donors (Lipinski definition) is 2. The van der Waals surface area contributed by atoms with Crippen molar-refractivity contribution in [3.8, 4) is 11.5 Å². The molecule has 2 rings (SSSR count). The van der Waals surface area contributed by atoms with Crippen molar-refractivity contribution in [3.63, 3.8) is 0 Å². The molecule has 0 saturated carbocycles. The van der Waals surface area contributed by atoms with Gasteiger partial charge in [0.15, 0.2) is 0 Å². The van der Waals surface area contributed by atoms with Gasteiger partial charge in [-0.05, 0) is 30.7 Å². The third-order valence-electron chi connectivity index (χ3n) is 3.46. The van der Waals surface area contributed by atoms with E-state index in [0.717, 1.165) is 17.0 Å². The van der Waals surface area contributed by atoms with Crippen molar-refractivity contribution in [3.05, 3.63) is 53.6 Å². The molecule has 4 heteroatoms. The molecule has 2 N–H and O–H groups in total. The summed E-state index contributed by atoms with van der Waals surface area (Å²) in [7, 11) is 3.60. The van der Waals surface area contributed by atoms with Gasteiger partial charge in [-0.15, -0.1) is 0 Å². The first-order valence-electron chi connectivity index (χ1n) is 6.86. The van der Waals surface area contributed by atoms with Gasteiger partial charge in [0.25, 0.3) is 0 Å². The lowest BCUT2D eigenvalue weighted by Gasteiger charge is -2.21. The number of methoxy groups -OCH3 is 1. The van der Waals surface area contributed by atoms with Crippen LogP contribution in [0.4, 0.5) is 5.69 Å².